The fourth-order valence-corrected chi connectivity index (χ4v) is 7.28. The van der Waals surface area contributed by atoms with E-state index in [1.807, 2.05) is 42.5 Å². The summed E-state index contributed by atoms with van der Waals surface area (Å²) < 4.78 is 0. The molecule has 3 heterocycles. The summed E-state index contributed by atoms with van der Waals surface area (Å²) in [4.78, 5) is 21.1. The minimum atomic E-state index is 0.852. The van der Waals surface area contributed by atoms with E-state index < -0.39 is 0 Å². The van der Waals surface area contributed by atoms with Crippen LogP contribution in [0.15, 0.2) is 182 Å². The minimum Gasteiger partial charge on any atom is -0.245 e. The largest absolute Gasteiger partial charge is 0.245 e. The van der Waals surface area contributed by atoms with Crippen LogP contribution in [0.4, 0.5) is 0 Å². The van der Waals surface area contributed by atoms with Gasteiger partial charge in [-0.15, -0.1) is 0 Å². The molecule has 0 atom stereocenters. The molecule has 7 aromatic carbocycles. The van der Waals surface area contributed by atoms with Gasteiger partial charge in [-0.1, -0.05) is 158 Å². The molecule has 0 aliphatic carbocycles. The van der Waals surface area contributed by atoms with Crippen molar-refractivity contribution in [2.45, 2.75) is 0 Å². The normalized spacial score (nSPS) is 11.5. The third-order valence-corrected chi connectivity index (χ3v) is 9.84. The van der Waals surface area contributed by atoms with Gasteiger partial charge in [-0.25, -0.2) is 19.9 Å². The van der Waals surface area contributed by atoms with Crippen molar-refractivity contribution in [2.75, 3.05) is 0 Å². The number of hydrogen-bond donors (Lipinski definition) is 0. The van der Waals surface area contributed by atoms with E-state index in [1.165, 1.54) is 10.8 Å². The fraction of sp³-hybridized carbons (Fsp3) is 0. The van der Waals surface area contributed by atoms with Gasteiger partial charge < -0.3 is 0 Å². The van der Waals surface area contributed by atoms with E-state index >= 15 is 0 Å². The molecule has 0 aliphatic rings. The van der Waals surface area contributed by atoms with Crippen molar-refractivity contribution in [3.8, 4) is 56.2 Å². The number of para-hydroxylation sites is 1. The lowest BCUT2D eigenvalue weighted by Gasteiger charge is -2.14. The van der Waals surface area contributed by atoms with Crippen LogP contribution in [0, 0.1) is 0 Å². The maximum absolute atomic E-state index is 5.34. The van der Waals surface area contributed by atoms with Crippen molar-refractivity contribution >= 4 is 43.6 Å². The Morgan fingerprint density at radius 1 is 0.288 bits per heavy atom. The zero-order chi connectivity index (χ0) is 34.4. The number of nitrogens with zero attached hydrogens (tertiary/aromatic N) is 4. The van der Waals surface area contributed by atoms with Crippen molar-refractivity contribution < 1.29 is 0 Å². The highest BCUT2D eigenvalue weighted by Crippen LogP contribution is 2.36. The number of pyridine rings is 2. The molecular formula is C48H30N4. The highest BCUT2D eigenvalue weighted by Gasteiger charge is 2.17. The Hall–Kier alpha value is -7.04. The van der Waals surface area contributed by atoms with Gasteiger partial charge in [0.2, 0.25) is 0 Å². The molecule has 0 saturated carbocycles. The van der Waals surface area contributed by atoms with Crippen LogP contribution in [-0.2, 0) is 0 Å². The molecule has 0 amide bonds. The SMILES string of the molecule is c1ccc(-c2nc3cccc(-c4cccc(-c5ccc6ccc7ccc(-c8cccc9ccccc89)nc7c6n5)c4)c3nc2-c2ccccc2)cc1. The fourth-order valence-electron chi connectivity index (χ4n) is 7.28. The van der Waals surface area contributed by atoms with E-state index in [4.69, 9.17) is 19.9 Å². The number of fused-ring (bicyclic) bond motifs is 5. The molecule has 0 N–H and O–H groups in total. The second-order valence-electron chi connectivity index (χ2n) is 13.0. The molecule has 52 heavy (non-hydrogen) atoms. The molecule has 10 aromatic rings. The summed E-state index contributed by atoms with van der Waals surface area (Å²) in [6, 6.07) is 63.1. The Bertz CT molecular complexity index is 2950. The summed E-state index contributed by atoms with van der Waals surface area (Å²) >= 11 is 0. The van der Waals surface area contributed by atoms with E-state index in [0.29, 0.717) is 0 Å². The number of hydrogen-bond acceptors (Lipinski definition) is 4. The van der Waals surface area contributed by atoms with Gasteiger partial charge in [0.25, 0.3) is 0 Å². The van der Waals surface area contributed by atoms with E-state index in [9.17, 15) is 0 Å². The predicted molar refractivity (Wildman–Crippen MR) is 215 cm³/mol. The Balaban J connectivity index is 1.10. The summed E-state index contributed by atoms with van der Waals surface area (Å²) in [6.07, 6.45) is 0. The van der Waals surface area contributed by atoms with Gasteiger partial charge in [-0.3, -0.25) is 0 Å². The first-order valence-electron chi connectivity index (χ1n) is 17.5. The van der Waals surface area contributed by atoms with Crippen molar-refractivity contribution in [1.82, 2.24) is 19.9 Å². The van der Waals surface area contributed by atoms with Gasteiger partial charge in [-0.05, 0) is 40.6 Å². The van der Waals surface area contributed by atoms with Gasteiger partial charge in [-0.2, -0.15) is 0 Å². The van der Waals surface area contributed by atoms with Crippen LogP contribution in [0.25, 0.3) is 99.8 Å². The number of rotatable bonds is 5. The van der Waals surface area contributed by atoms with Crippen molar-refractivity contribution in [3.63, 3.8) is 0 Å². The summed E-state index contributed by atoms with van der Waals surface area (Å²) in [5, 5.41) is 4.51. The van der Waals surface area contributed by atoms with Gasteiger partial charge in [0.15, 0.2) is 0 Å². The zero-order valence-electron chi connectivity index (χ0n) is 28.1. The zero-order valence-corrected chi connectivity index (χ0v) is 28.1. The topological polar surface area (TPSA) is 51.6 Å². The van der Waals surface area contributed by atoms with Crippen LogP contribution in [-0.4, -0.2) is 19.9 Å². The third-order valence-electron chi connectivity index (χ3n) is 9.84. The summed E-state index contributed by atoms with van der Waals surface area (Å²) in [5.41, 5.74) is 13.3. The third kappa shape index (κ3) is 5.17. The summed E-state index contributed by atoms with van der Waals surface area (Å²) in [6.45, 7) is 0. The monoisotopic (exact) mass is 662 g/mol. The number of aromatic nitrogens is 4. The van der Waals surface area contributed by atoms with Gasteiger partial charge in [0.1, 0.15) is 0 Å². The molecule has 0 fully saturated rings. The molecule has 0 bridgehead atoms. The van der Waals surface area contributed by atoms with Crippen LogP contribution in [0.2, 0.25) is 0 Å². The van der Waals surface area contributed by atoms with Crippen LogP contribution in [0.1, 0.15) is 0 Å². The molecule has 0 saturated heterocycles. The van der Waals surface area contributed by atoms with E-state index in [1.54, 1.807) is 0 Å². The van der Waals surface area contributed by atoms with Crippen molar-refractivity contribution in [2.24, 2.45) is 0 Å². The maximum atomic E-state index is 5.34. The van der Waals surface area contributed by atoms with Gasteiger partial charge >= 0.3 is 0 Å². The predicted octanol–water partition coefficient (Wildman–Crippen LogP) is 12.2. The molecule has 0 spiro atoms. The first-order valence-corrected chi connectivity index (χ1v) is 17.5. The van der Waals surface area contributed by atoms with Gasteiger partial charge in [0.05, 0.1) is 44.8 Å². The minimum absolute atomic E-state index is 0.852. The molecule has 0 unspecified atom stereocenters. The Morgan fingerprint density at radius 3 is 1.60 bits per heavy atom. The second-order valence-corrected chi connectivity index (χ2v) is 13.0. The van der Waals surface area contributed by atoms with Crippen LogP contribution in [0.3, 0.4) is 0 Å². The second kappa shape index (κ2) is 12.4. The lowest BCUT2D eigenvalue weighted by molar-refractivity contribution is 1.29. The molecule has 3 aromatic heterocycles. The number of benzene rings is 7. The molecule has 242 valence electrons. The quantitative estimate of drug-likeness (QED) is 0.172. The first kappa shape index (κ1) is 29.8. The molecule has 4 nitrogen and oxygen atoms in total. The highest BCUT2D eigenvalue weighted by atomic mass is 14.8. The average Bonchev–Trinajstić information content (AvgIpc) is 3.23. The molecule has 0 aliphatic heterocycles. The van der Waals surface area contributed by atoms with Crippen LogP contribution in [0.5, 0.6) is 0 Å². The highest BCUT2D eigenvalue weighted by molar-refractivity contribution is 6.05. The Morgan fingerprint density at radius 2 is 0.827 bits per heavy atom. The van der Waals surface area contributed by atoms with Crippen molar-refractivity contribution in [1.29, 1.82) is 0 Å². The molecule has 10 rings (SSSR count). The maximum Gasteiger partial charge on any atom is 0.0973 e. The van der Waals surface area contributed by atoms with E-state index in [-0.39, 0.29) is 0 Å². The van der Waals surface area contributed by atoms with Gasteiger partial charge in [0, 0.05) is 38.6 Å². The van der Waals surface area contributed by atoms with Crippen LogP contribution >= 0.6 is 0 Å². The Kier molecular flexibility index (Phi) is 7.10. The average molecular weight is 663 g/mol. The molecular weight excluding hydrogens is 633 g/mol. The van der Waals surface area contributed by atoms with E-state index in [0.717, 1.165) is 89.0 Å². The van der Waals surface area contributed by atoms with Crippen molar-refractivity contribution in [3.05, 3.63) is 182 Å². The van der Waals surface area contributed by atoms with E-state index in [2.05, 4.69) is 140 Å². The lowest BCUT2D eigenvalue weighted by Crippen LogP contribution is -1.97. The molecule has 4 heteroatoms. The van der Waals surface area contributed by atoms with Crippen LogP contribution < -0.4 is 0 Å². The Labute approximate surface area is 300 Å². The standard InChI is InChI=1S/C48H30N4/c1-3-13-32(14-4-1)44-47(33-15-5-2-6-16-33)52-48-39(21-11-23-43(48)51-44)36-18-9-19-37(30-36)41-28-26-34-24-25-35-27-29-42(50-46(35)45(34)49-41)40-22-10-17-31-12-7-8-20-38(31)40/h1-30H. The first-order chi connectivity index (χ1) is 25.8. The lowest BCUT2D eigenvalue weighted by atomic mass is 9.98. The smallest absolute Gasteiger partial charge is 0.0973 e. The summed E-state index contributed by atoms with van der Waals surface area (Å²) in [7, 11) is 0. The molecule has 0 radical (unpaired) electrons. The summed E-state index contributed by atoms with van der Waals surface area (Å²) in [5.74, 6) is 0.